The highest BCUT2D eigenvalue weighted by Crippen LogP contribution is 2.32. The van der Waals surface area contributed by atoms with E-state index in [2.05, 4.69) is 5.43 Å². The van der Waals surface area contributed by atoms with Crippen molar-refractivity contribution in [3.8, 4) is 0 Å². The van der Waals surface area contributed by atoms with Crippen molar-refractivity contribution >= 4 is 0 Å². The first kappa shape index (κ1) is 13.8. The molecular weight excluding hydrogens is 228 g/mol. The summed E-state index contributed by atoms with van der Waals surface area (Å²) >= 11 is 0. The number of nitrogens with one attached hydrogen (secondary N) is 1. The Morgan fingerprint density at radius 1 is 1.33 bits per heavy atom. The van der Waals surface area contributed by atoms with Gasteiger partial charge < -0.3 is 9.47 Å². The van der Waals surface area contributed by atoms with Crippen LogP contribution in [0, 0.1) is 5.92 Å². The lowest BCUT2D eigenvalue weighted by atomic mass is 9.80. The van der Waals surface area contributed by atoms with E-state index >= 15 is 0 Å². The van der Waals surface area contributed by atoms with Gasteiger partial charge in [0.15, 0.2) is 0 Å². The van der Waals surface area contributed by atoms with Crippen molar-refractivity contribution in [1.82, 2.24) is 5.43 Å². The lowest BCUT2D eigenvalue weighted by Gasteiger charge is -2.36. The summed E-state index contributed by atoms with van der Waals surface area (Å²) in [5, 5.41) is 0. The minimum Gasteiger partial charge on any atom is -0.501 e. The second-order valence-electron chi connectivity index (χ2n) is 5.41. The number of ether oxygens (including phenoxy) is 2. The second kappa shape index (κ2) is 7.12. The van der Waals surface area contributed by atoms with Crippen LogP contribution in [0.25, 0.3) is 0 Å². The van der Waals surface area contributed by atoms with Crippen LogP contribution in [0.3, 0.4) is 0 Å². The van der Waals surface area contributed by atoms with Crippen molar-refractivity contribution in [2.24, 2.45) is 11.8 Å². The van der Waals surface area contributed by atoms with E-state index in [4.69, 9.17) is 15.3 Å². The molecule has 2 unspecified atom stereocenters. The maximum absolute atomic E-state index is 5.76. The van der Waals surface area contributed by atoms with Crippen LogP contribution in [-0.2, 0) is 9.47 Å². The molecule has 2 rings (SSSR count). The molecule has 0 spiro atoms. The van der Waals surface area contributed by atoms with Gasteiger partial charge in [-0.25, -0.2) is 0 Å². The summed E-state index contributed by atoms with van der Waals surface area (Å²) < 4.78 is 11.2. The molecule has 1 heterocycles. The molecule has 0 aromatic rings. The van der Waals surface area contributed by atoms with Crippen LogP contribution >= 0.6 is 0 Å². The second-order valence-corrected chi connectivity index (χ2v) is 5.41. The molecule has 1 aliphatic carbocycles. The van der Waals surface area contributed by atoms with Crippen molar-refractivity contribution in [1.29, 1.82) is 0 Å². The lowest BCUT2D eigenvalue weighted by Crippen LogP contribution is -2.50. The number of nitrogens with two attached hydrogens (primary N) is 1. The molecule has 1 saturated carbocycles. The Kier molecular flexibility index (Phi) is 5.47. The normalized spacial score (nSPS) is 25.1. The van der Waals surface area contributed by atoms with Gasteiger partial charge >= 0.3 is 0 Å². The highest BCUT2D eigenvalue weighted by atomic mass is 16.5. The topological polar surface area (TPSA) is 56.5 Å². The first-order valence-electron chi connectivity index (χ1n) is 7.16. The molecule has 0 amide bonds. The fourth-order valence-electron chi connectivity index (χ4n) is 3.29. The van der Waals surface area contributed by atoms with Crippen molar-refractivity contribution in [2.75, 3.05) is 13.7 Å². The zero-order valence-corrected chi connectivity index (χ0v) is 11.4. The van der Waals surface area contributed by atoms with Gasteiger partial charge in [-0.1, -0.05) is 19.3 Å². The van der Waals surface area contributed by atoms with Gasteiger partial charge in [0, 0.05) is 7.11 Å². The van der Waals surface area contributed by atoms with Gasteiger partial charge in [-0.3, -0.25) is 11.3 Å². The van der Waals surface area contributed by atoms with Crippen LogP contribution in [0.15, 0.2) is 11.8 Å². The monoisotopic (exact) mass is 254 g/mol. The van der Waals surface area contributed by atoms with E-state index in [1.165, 1.54) is 37.7 Å². The fraction of sp³-hybridized carbons (Fsp3) is 0.857. The summed E-state index contributed by atoms with van der Waals surface area (Å²) in [6, 6.07) is 0.0957. The first-order valence-corrected chi connectivity index (χ1v) is 7.16. The summed E-state index contributed by atoms with van der Waals surface area (Å²) in [5.41, 5.74) is 4.20. The van der Waals surface area contributed by atoms with Crippen LogP contribution in [0.5, 0.6) is 0 Å². The molecule has 104 valence electrons. The number of hydrazine groups is 1. The number of methoxy groups -OCH3 is 1. The van der Waals surface area contributed by atoms with Crippen LogP contribution in [0.1, 0.15) is 44.9 Å². The Balaban J connectivity index is 2.04. The molecule has 0 aromatic carbocycles. The summed E-state index contributed by atoms with van der Waals surface area (Å²) in [6.45, 7) is 0.821. The Hall–Kier alpha value is -0.580. The van der Waals surface area contributed by atoms with Gasteiger partial charge in [0.2, 0.25) is 0 Å². The lowest BCUT2D eigenvalue weighted by molar-refractivity contribution is 0.0142. The van der Waals surface area contributed by atoms with Gasteiger partial charge in [-0.2, -0.15) is 0 Å². The predicted octanol–water partition coefficient (Wildman–Crippen LogP) is 2.11. The molecule has 0 bridgehead atoms. The minimum atomic E-state index is 0.0957. The maximum Gasteiger partial charge on any atom is 0.0876 e. The van der Waals surface area contributed by atoms with E-state index < -0.39 is 0 Å². The molecule has 0 aromatic heterocycles. The van der Waals surface area contributed by atoms with Gasteiger partial charge in [-0.05, 0) is 37.2 Å². The van der Waals surface area contributed by atoms with E-state index in [9.17, 15) is 0 Å². The quantitative estimate of drug-likeness (QED) is 0.583. The van der Waals surface area contributed by atoms with Crippen LogP contribution in [0.4, 0.5) is 0 Å². The highest BCUT2D eigenvalue weighted by molar-refractivity contribution is 5.13. The number of rotatable bonds is 5. The van der Waals surface area contributed by atoms with Crippen LogP contribution in [-0.4, -0.2) is 25.9 Å². The van der Waals surface area contributed by atoms with Gasteiger partial charge in [0.1, 0.15) is 0 Å². The van der Waals surface area contributed by atoms with Gasteiger partial charge in [-0.15, -0.1) is 0 Å². The molecule has 2 atom stereocenters. The van der Waals surface area contributed by atoms with Crippen LogP contribution < -0.4 is 11.3 Å². The average Bonchev–Trinajstić information content (AvgIpc) is 2.46. The first-order chi connectivity index (χ1) is 8.86. The summed E-state index contributed by atoms with van der Waals surface area (Å²) in [5.74, 6) is 6.38. The van der Waals surface area contributed by atoms with Gasteiger partial charge in [0.05, 0.1) is 25.0 Å². The molecule has 18 heavy (non-hydrogen) atoms. The predicted molar refractivity (Wildman–Crippen MR) is 71.8 cm³/mol. The minimum absolute atomic E-state index is 0.0957. The van der Waals surface area contributed by atoms with E-state index in [1.807, 2.05) is 6.26 Å². The van der Waals surface area contributed by atoms with E-state index in [0.29, 0.717) is 5.92 Å². The largest absolute Gasteiger partial charge is 0.501 e. The molecule has 1 aliphatic heterocycles. The third-order valence-corrected chi connectivity index (χ3v) is 4.26. The van der Waals surface area contributed by atoms with Crippen molar-refractivity contribution in [2.45, 2.75) is 57.1 Å². The Labute approximate surface area is 110 Å². The fourth-order valence-corrected chi connectivity index (χ4v) is 3.29. The van der Waals surface area contributed by atoms with Crippen LogP contribution in [0.2, 0.25) is 0 Å². The molecule has 4 heteroatoms. The zero-order chi connectivity index (χ0) is 12.8. The molecule has 0 saturated heterocycles. The Morgan fingerprint density at radius 2 is 2.11 bits per heavy atom. The molecule has 0 radical (unpaired) electrons. The number of hydrogen-bond acceptors (Lipinski definition) is 4. The molecule has 3 N–H and O–H groups in total. The average molecular weight is 254 g/mol. The van der Waals surface area contributed by atoms with Gasteiger partial charge in [0.25, 0.3) is 0 Å². The Bertz CT molecular complexity index is 275. The van der Waals surface area contributed by atoms with E-state index in [-0.39, 0.29) is 12.1 Å². The van der Waals surface area contributed by atoms with E-state index in [1.54, 1.807) is 7.11 Å². The zero-order valence-electron chi connectivity index (χ0n) is 11.4. The standard InChI is InChI=1S/C14H26N2O2/c1-17-14(11-6-3-2-4-7-11)13(16-15)12-8-5-9-18-10-12/h10-11,13-14,16H,2-9,15H2,1H3. The summed E-state index contributed by atoms with van der Waals surface area (Å²) in [4.78, 5) is 0. The third kappa shape index (κ3) is 3.25. The molecule has 1 fully saturated rings. The molecule has 2 aliphatic rings. The van der Waals surface area contributed by atoms with Crippen molar-refractivity contribution < 1.29 is 9.47 Å². The smallest absolute Gasteiger partial charge is 0.0876 e. The third-order valence-electron chi connectivity index (χ3n) is 4.26. The highest BCUT2D eigenvalue weighted by Gasteiger charge is 2.32. The Morgan fingerprint density at radius 3 is 2.67 bits per heavy atom. The summed E-state index contributed by atoms with van der Waals surface area (Å²) in [7, 11) is 1.80. The molecular formula is C14H26N2O2. The van der Waals surface area contributed by atoms with Crippen molar-refractivity contribution in [3.63, 3.8) is 0 Å². The molecule has 4 nitrogen and oxygen atoms in total. The van der Waals surface area contributed by atoms with Crippen molar-refractivity contribution in [3.05, 3.63) is 11.8 Å². The maximum atomic E-state index is 5.76. The van der Waals surface area contributed by atoms with E-state index in [0.717, 1.165) is 19.4 Å². The SMILES string of the molecule is COC(C1CCCCC1)C(NN)C1=COCCC1. The number of hydrogen-bond donors (Lipinski definition) is 2. The summed E-state index contributed by atoms with van der Waals surface area (Å²) in [6.07, 6.45) is 10.7.